The molecule has 0 aliphatic rings. The number of pyridine rings is 2. The number of ether oxygens (including phenoxy) is 1. The van der Waals surface area contributed by atoms with Crippen molar-refractivity contribution in [1.82, 2.24) is 9.97 Å². The molecular weight excluding hydrogens is 152 g/mol. The zero-order valence-corrected chi connectivity index (χ0v) is 6.61. The van der Waals surface area contributed by atoms with Crippen molar-refractivity contribution < 1.29 is 6.11 Å². The van der Waals surface area contributed by atoms with Gasteiger partial charge in [0.05, 0.1) is 20.2 Å². The molecule has 2 rings (SSSR count). The van der Waals surface area contributed by atoms with Gasteiger partial charge in [-0.2, -0.15) is 0 Å². The van der Waals surface area contributed by atoms with Crippen LogP contribution in [0, 0.1) is 0 Å². The van der Waals surface area contributed by atoms with Crippen LogP contribution in [-0.4, -0.2) is 17.1 Å². The maximum Gasteiger partial charge on any atom is 0.213 e. The molecule has 2 aromatic heterocycles. The SMILES string of the molecule is [2H]c1cnc2cnc(OC)cc2c1. The third kappa shape index (κ3) is 1.09. The third-order valence-corrected chi connectivity index (χ3v) is 1.61. The minimum absolute atomic E-state index is 0.390. The van der Waals surface area contributed by atoms with Gasteiger partial charge in [-0.15, -0.1) is 0 Å². The van der Waals surface area contributed by atoms with E-state index in [0.29, 0.717) is 11.9 Å². The van der Waals surface area contributed by atoms with E-state index in [1.807, 2.05) is 0 Å². The van der Waals surface area contributed by atoms with Crippen LogP contribution in [-0.2, 0) is 0 Å². The van der Waals surface area contributed by atoms with Gasteiger partial charge >= 0.3 is 0 Å². The Bertz CT molecular complexity index is 445. The first-order chi connectivity index (χ1) is 6.29. The van der Waals surface area contributed by atoms with Crippen molar-refractivity contribution in [3.8, 4) is 5.88 Å². The minimum atomic E-state index is 0.390. The van der Waals surface area contributed by atoms with Gasteiger partial charge in [-0.05, 0) is 6.04 Å². The Hall–Kier alpha value is -1.64. The summed E-state index contributed by atoms with van der Waals surface area (Å²) < 4.78 is 12.3. The van der Waals surface area contributed by atoms with Crippen LogP contribution < -0.4 is 4.74 Å². The monoisotopic (exact) mass is 161 g/mol. The molecule has 0 saturated heterocycles. The largest absolute Gasteiger partial charge is 0.481 e. The van der Waals surface area contributed by atoms with Gasteiger partial charge in [-0.1, -0.05) is 6.07 Å². The number of rotatable bonds is 1. The summed E-state index contributed by atoms with van der Waals surface area (Å²) in [7, 11) is 1.56. The van der Waals surface area contributed by atoms with Crippen LogP contribution in [0.15, 0.2) is 30.6 Å². The summed E-state index contributed by atoms with van der Waals surface area (Å²) in [4.78, 5) is 8.06. The molecule has 0 N–H and O–H groups in total. The van der Waals surface area contributed by atoms with Gasteiger partial charge in [-0.25, -0.2) is 4.98 Å². The first-order valence-corrected chi connectivity index (χ1v) is 3.56. The Morgan fingerprint density at radius 3 is 3.25 bits per heavy atom. The highest BCUT2D eigenvalue weighted by molar-refractivity contribution is 5.78. The van der Waals surface area contributed by atoms with Crippen LogP contribution in [0.4, 0.5) is 0 Å². The van der Waals surface area contributed by atoms with E-state index in [2.05, 4.69) is 9.97 Å². The molecule has 60 valence electrons. The summed E-state index contributed by atoms with van der Waals surface area (Å²) in [5.74, 6) is 0.542. The first-order valence-electron chi connectivity index (χ1n) is 4.06. The zero-order valence-electron chi connectivity index (χ0n) is 7.61. The molecule has 0 amide bonds. The van der Waals surface area contributed by atoms with Gasteiger partial charge in [0.25, 0.3) is 0 Å². The second-order valence-corrected chi connectivity index (χ2v) is 2.35. The van der Waals surface area contributed by atoms with Gasteiger partial charge in [0, 0.05) is 17.6 Å². The van der Waals surface area contributed by atoms with Crippen LogP contribution >= 0.6 is 0 Å². The second-order valence-electron chi connectivity index (χ2n) is 2.35. The van der Waals surface area contributed by atoms with Crippen molar-refractivity contribution in [3.63, 3.8) is 0 Å². The maximum absolute atomic E-state index is 7.38. The van der Waals surface area contributed by atoms with Crippen LogP contribution in [0.5, 0.6) is 5.88 Å². The van der Waals surface area contributed by atoms with Gasteiger partial charge in [0.1, 0.15) is 0 Å². The zero-order chi connectivity index (χ0) is 9.26. The van der Waals surface area contributed by atoms with E-state index in [9.17, 15) is 0 Å². The lowest BCUT2D eigenvalue weighted by Crippen LogP contribution is -1.87. The summed E-state index contributed by atoms with van der Waals surface area (Å²) in [6, 6.07) is 3.88. The number of aromatic nitrogens is 2. The van der Waals surface area contributed by atoms with E-state index in [4.69, 9.17) is 6.11 Å². The molecule has 0 atom stereocenters. The predicted molar refractivity (Wildman–Crippen MR) is 46.1 cm³/mol. The number of nitrogens with zero attached hydrogens (tertiary/aromatic N) is 2. The molecule has 0 unspecified atom stereocenters. The van der Waals surface area contributed by atoms with Crippen LogP contribution in [0.2, 0.25) is 0 Å². The number of hydrogen-bond acceptors (Lipinski definition) is 3. The first kappa shape index (κ1) is 5.94. The van der Waals surface area contributed by atoms with Crippen LogP contribution in [0.25, 0.3) is 10.9 Å². The molecule has 12 heavy (non-hydrogen) atoms. The van der Waals surface area contributed by atoms with Crippen LogP contribution in [0.3, 0.4) is 0 Å². The lowest BCUT2D eigenvalue weighted by molar-refractivity contribution is 0.398. The molecule has 0 bridgehead atoms. The summed E-state index contributed by atoms with van der Waals surface area (Å²) in [5.41, 5.74) is 0.775. The fraction of sp³-hybridized carbons (Fsp3) is 0.111. The highest BCUT2D eigenvalue weighted by Crippen LogP contribution is 2.14. The average molecular weight is 161 g/mol. The molecule has 0 aromatic carbocycles. The average Bonchev–Trinajstić information content (AvgIpc) is 2.16. The van der Waals surface area contributed by atoms with E-state index >= 15 is 0 Å². The Morgan fingerprint density at radius 2 is 2.42 bits per heavy atom. The van der Waals surface area contributed by atoms with Crippen molar-refractivity contribution in [2.75, 3.05) is 7.11 Å². The Kier molecular flexibility index (Phi) is 1.37. The van der Waals surface area contributed by atoms with Crippen molar-refractivity contribution >= 4 is 10.9 Å². The summed E-state index contributed by atoms with van der Waals surface area (Å²) in [5, 5.41) is 0.874. The molecule has 0 radical (unpaired) electrons. The Labute approximate surface area is 71.4 Å². The van der Waals surface area contributed by atoms with Gasteiger partial charge < -0.3 is 4.74 Å². The van der Waals surface area contributed by atoms with Crippen molar-refractivity contribution in [2.45, 2.75) is 0 Å². The normalized spacial score (nSPS) is 11.2. The summed E-state index contributed by atoms with van der Waals surface area (Å²) >= 11 is 0. The van der Waals surface area contributed by atoms with Gasteiger partial charge in [-0.3, -0.25) is 4.98 Å². The predicted octanol–water partition coefficient (Wildman–Crippen LogP) is 1.64. The second kappa shape index (κ2) is 2.77. The van der Waals surface area contributed by atoms with E-state index in [0.717, 1.165) is 10.9 Å². The molecule has 0 fully saturated rings. The number of fused-ring (bicyclic) bond motifs is 1. The van der Waals surface area contributed by atoms with Crippen molar-refractivity contribution in [2.24, 2.45) is 0 Å². The highest BCUT2D eigenvalue weighted by Gasteiger charge is 1.95. The van der Waals surface area contributed by atoms with E-state index in [-0.39, 0.29) is 0 Å². The third-order valence-electron chi connectivity index (χ3n) is 1.61. The summed E-state index contributed by atoms with van der Waals surface area (Å²) in [6.07, 6.45) is 3.13. The number of hydrogen-bond donors (Lipinski definition) is 0. The summed E-state index contributed by atoms with van der Waals surface area (Å²) in [6.45, 7) is 0. The number of methoxy groups -OCH3 is 1. The molecule has 0 saturated carbocycles. The molecular formula is C9H8N2O. The Morgan fingerprint density at radius 1 is 1.50 bits per heavy atom. The van der Waals surface area contributed by atoms with Crippen molar-refractivity contribution in [1.29, 1.82) is 0 Å². The van der Waals surface area contributed by atoms with E-state index < -0.39 is 0 Å². The fourth-order valence-corrected chi connectivity index (χ4v) is 1.01. The van der Waals surface area contributed by atoms with Crippen LogP contribution in [0.1, 0.15) is 1.37 Å². The van der Waals surface area contributed by atoms with Gasteiger partial charge in [0.15, 0.2) is 0 Å². The van der Waals surface area contributed by atoms with E-state index in [1.54, 1.807) is 25.4 Å². The molecule has 2 aromatic rings. The smallest absolute Gasteiger partial charge is 0.213 e. The molecule has 3 nitrogen and oxygen atoms in total. The topological polar surface area (TPSA) is 35.0 Å². The lowest BCUT2D eigenvalue weighted by atomic mass is 10.3. The fourth-order valence-electron chi connectivity index (χ4n) is 1.01. The molecule has 0 spiro atoms. The molecule has 3 heteroatoms. The quantitative estimate of drug-likeness (QED) is 0.637. The maximum atomic E-state index is 7.38. The van der Waals surface area contributed by atoms with E-state index in [1.165, 1.54) is 6.20 Å². The standard InChI is InChI=1S/C9H8N2O/c1-12-9-5-7-3-2-4-10-8(7)6-11-9/h2-6H,1H3/i2D. The van der Waals surface area contributed by atoms with Crippen molar-refractivity contribution in [3.05, 3.63) is 30.6 Å². The Balaban J connectivity index is 2.68. The molecule has 0 aliphatic carbocycles. The minimum Gasteiger partial charge on any atom is -0.481 e. The highest BCUT2D eigenvalue weighted by atomic mass is 16.5. The lowest BCUT2D eigenvalue weighted by Gasteiger charge is -1.99. The molecule has 2 heterocycles. The van der Waals surface area contributed by atoms with Gasteiger partial charge in [0.2, 0.25) is 5.88 Å². The molecule has 0 aliphatic heterocycles.